The smallest absolute Gasteiger partial charge is 0.271 e. The van der Waals surface area contributed by atoms with Crippen molar-refractivity contribution in [2.24, 2.45) is 5.10 Å². The fourth-order valence-corrected chi connectivity index (χ4v) is 4.66. The summed E-state index contributed by atoms with van der Waals surface area (Å²) in [7, 11) is 0. The molecule has 0 saturated carbocycles. The maximum absolute atomic E-state index is 13.3. The van der Waals surface area contributed by atoms with Gasteiger partial charge in [0, 0.05) is 10.0 Å². The molecule has 172 valence electrons. The van der Waals surface area contributed by atoms with Crippen LogP contribution in [0.1, 0.15) is 16.1 Å². The molecule has 9 heteroatoms. The molecular formula is C26H17BrN4O3S. The number of amides is 1. The van der Waals surface area contributed by atoms with E-state index in [1.54, 1.807) is 41.0 Å². The number of hydrogen-bond donors (Lipinski definition) is 1. The van der Waals surface area contributed by atoms with Crippen molar-refractivity contribution in [3.05, 3.63) is 117 Å². The number of furan rings is 1. The standard InChI is InChI=1S/C26H17BrN4O3S/c27-18-8-6-7-17(15-18)24(32)30-28-16-20-13-14-23(34-20)35-26-29-22-12-5-4-11-21(22)25(33)31(26)19-9-2-1-3-10-19/h1-16H,(H,30,32). The van der Waals surface area contributed by atoms with Crippen LogP contribution in [-0.4, -0.2) is 21.7 Å². The number of carbonyl (C=O) groups excluding carboxylic acids is 1. The van der Waals surface area contributed by atoms with Gasteiger partial charge in [-0.1, -0.05) is 52.3 Å². The number of nitrogens with one attached hydrogen (secondary N) is 1. The Bertz CT molecular complexity index is 1610. The molecule has 2 heterocycles. The average molecular weight is 545 g/mol. The molecule has 0 radical (unpaired) electrons. The molecule has 0 aliphatic heterocycles. The summed E-state index contributed by atoms with van der Waals surface area (Å²) in [6.07, 6.45) is 1.41. The summed E-state index contributed by atoms with van der Waals surface area (Å²) in [5.41, 5.74) is 4.11. The number of hydrazone groups is 1. The van der Waals surface area contributed by atoms with Crippen LogP contribution >= 0.6 is 27.7 Å². The van der Waals surface area contributed by atoms with Crippen LogP contribution in [0.2, 0.25) is 0 Å². The van der Waals surface area contributed by atoms with Gasteiger partial charge in [-0.3, -0.25) is 14.2 Å². The van der Waals surface area contributed by atoms with Crippen molar-refractivity contribution in [1.29, 1.82) is 0 Å². The summed E-state index contributed by atoms with van der Waals surface area (Å²) >= 11 is 4.57. The second kappa shape index (κ2) is 10.1. The van der Waals surface area contributed by atoms with Gasteiger partial charge in [-0.15, -0.1) is 0 Å². The van der Waals surface area contributed by atoms with Crippen molar-refractivity contribution < 1.29 is 9.21 Å². The lowest BCUT2D eigenvalue weighted by Gasteiger charge is -2.12. The van der Waals surface area contributed by atoms with Crippen LogP contribution in [0.15, 0.2) is 120 Å². The van der Waals surface area contributed by atoms with E-state index in [1.807, 2.05) is 54.6 Å². The molecule has 35 heavy (non-hydrogen) atoms. The first kappa shape index (κ1) is 22.8. The Morgan fingerprint density at radius 2 is 1.80 bits per heavy atom. The van der Waals surface area contributed by atoms with Crippen LogP contribution < -0.4 is 11.0 Å². The third kappa shape index (κ3) is 5.11. The Kier molecular flexibility index (Phi) is 6.60. The topological polar surface area (TPSA) is 89.5 Å². The number of fused-ring (bicyclic) bond motifs is 1. The third-order valence-electron chi connectivity index (χ3n) is 5.00. The van der Waals surface area contributed by atoms with Gasteiger partial charge in [-0.2, -0.15) is 5.10 Å². The van der Waals surface area contributed by atoms with Crippen LogP contribution in [0, 0.1) is 0 Å². The van der Waals surface area contributed by atoms with Gasteiger partial charge in [0.2, 0.25) is 0 Å². The number of hydrogen-bond acceptors (Lipinski definition) is 6. The van der Waals surface area contributed by atoms with Crippen molar-refractivity contribution >= 4 is 50.7 Å². The predicted molar refractivity (Wildman–Crippen MR) is 139 cm³/mol. The summed E-state index contributed by atoms with van der Waals surface area (Å²) in [5, 5.41) is 5.51. The number of benzene rings is 3. The SMILES string of the molecule is O=C(NN=Cc1ccc(Sc2nc3ccccc3c(=O)n2-c2ccccc2)o1)c1cccc(Br)c1. The third-order valence-corrected chi connectivity index (χ3v) is 6.37. The van der Waals surface area contributed by atoms with Gasteiger partial charge < -0.3 is 4.42 Å². The van der Waals surface area contributed by atoms with Gasteiger partial charge in [0.1, 0.15) is 5.76 Å². The molecule has 0 saturated heterocycles. The maximum atomic E-state index is 13.3. The minimum absolute atomic E-state index is 0.159. The zero-order chi connectivity index (χ0) is 24.2. The van der Waals surface area contributed by atoms with E-state index in [1.165, 1.54) is 18.0 Å². The summed E-state index contributed by atoms with van der Waals surface area (Å²) in [6.45, 7) is 0. The highest BCUT2D eigenvalue weighted by Gasteiger charge is 2.15. The maximum Gasteiger partial charge on any atom is 0.271 e. The molecule has 0 aliphatic rings. The van der Waals surface area contributed by atoms with Crippen molar-refractivity contribution in [1.82, 2.24) is 15.0 Å². The second-order valence-corrected chi connectivity index (χ2v) is 9.24. The fourth-order valence-electron chi connectivity index (χ4n) is 3.38. The van der Waals surface area contributed by atoms with E-state index in [4.69, 9.17) is 9.40 Å². The van der Waals surface area contributed by atoms with E-state index in [0.717, 1.165) is 4.47 Å². The number of rotatable bonds is 6. The molecule has 5 rings (SSSR count). The Hall–Kier alpha value is -3.95. The van der Waals surface area contributed by atoms with E-state index >= 15 is 0 Å². The highest BCUT2D eigenvalue weighted by Crippen LogP contribution is 2.29. The Morgan fingerprint density at radius 3 is 2.63 bits per heavy atom. The van der Waals surface area contributed by atoms with Crippen LogP contribution in [0.4, 0.5) is 0 Å². The van der Waals surface area contributed by atoms with E-state index in [9.17, 15) is 9.59 Å². The predicted octanol–water partition coefficient (Wildman–Crippen LogP) is 5.66. The Labute approximate surface area is 212 Å². The molecule has 0 atom stereocenters. The van der Waals surface area contributed by atoms with Crippen LogP contribution in [0.3, 0.4) is 0 Å². The Balaban J connectivity index is 1.39. The molecule has 0 unspecified atom stereocenters. The number of carbonyl (C=O) groups is 1. The lowest BCUT2D eigenvalue weighted by molar-refractivity contribution is 0.0955. The molecule has 1 amide bonds. The fraction of sp³-hybridized carbons (Fsp3) is 0. The molecule has 2 aromatic heterocycles. The van der Waals surface area contributed by atoms with Crippen LogP contribution in [0.25, 0.3) is 16.6 Å². The largest absolute Gasteiger partial charge is 0.448 e. The number of aromatic nitrogens is 2. The van der Waals surface area contributed by atoms with Crippen molar-refractivity contribution in [3.8, 4) is 5.69 Å². The van der Waals surface area contributed by atoms with E-state index < -0.39 is 0 Å². The van der Waals surface area contributed by atoms with Crippen molar-refractivity contribution in [2.75, 3.05) is 0 Å². The highest BCUT2D eigenvalue weighted by molar-refractivity contribution is 9.10. The quantitative estimate of drug-likeness (QED) is 0.169. The second-order valence-electron chi connectivity index (χ2n) is 7.36. The summed E-state index contributed by atoms with van der Waals surface area (Å²) in [4.78, 5) is 30.2. The molecular weight excluding hydrogens is 528 g/mol. The summed E-state index contributed by atoms with van der Waals surface area (Å²) in [5.74, 6) is 0.104. The highest BCUT2D eigenvalue weighted by atomic mass is 79.9. The molecule has 0 fully saturated rings. The van der Waals surface area contributed by atoms with E-state index in [2.05, 4.69) is 26.5 Å². The number of nitrogens with zero attached hydrogens (tertiary/aromatic N) is 3. The summed E-state index contributed by atoms with van der Waals surface area (Å²) in [6, 6.07) is 27.1. The van der Waals surface area contributed by atoms with Gasteiger partial charge in [0.05, 0.1) is 22.8 Å². The lowest BCUT2D eigenvalue weighted by atomic mass is 10.2. The van der Waals surface area contributed by atoms with E-state index in [-0.39, 0.29) is 11.5 Å². The van der Waals surface area contributed by atoms with Gasteiger partial charge >= 0.3 is 0 Å². The number of halogens is 1. The van der Waals surface area contributed by atoms with Crippen molar-refractivity contribution in [3.63, 3.8) is 0 Å². The molecule has 5 aromatic rings. The molecule has 1 N–H and O–H groups in total. The molecule has 0 aliphatic carbocycles. The normalized spacial score (nSPS) is 11.2. The molecule has 7 nitrogen and oxygen atoms in total. The monoisotopic (exact) mass is 544 g/mol. The average Bonchev–Trinajstić information content (AvgIpc) is 3.32. The van der Waals surface area contributed by atoms with Gasteiger partial charge in [-0.05, 0) is 66.4 Å². The minimum Gasteiger partial charge on any atom is -0.448 e. The van der Waals surface area contributed by atoms with Crippen LogP contribution in [0.5, 0.6) is 0 Å². The zero-order valence-electron chi connectivity index (χ0n) is 18.1. The van der Waals surface area contributed by atoms with Crippen molar-refractivity contribution in [2.45, 2.75) is 10.2 Å². The minimum atomic E-state index is -0.337. The first-order chi connectivity index (χ1) is 17.1. The molecule has 0 bridgehead atoms. The van der Waals surface area contributed by atoms with Gasteiger partial charge in [0.25, 0.3) is 11.5 Å². The zero-order valence-corrected chi connectivity index (χ0v) is 20.5. The van der Waals surface area contributed by atoms with Gasteiger partial charge in [-0.25, -0.2) is 10.4 Å². The van der Waals surface area contributed by atoms with Crippen LogP contribution in [-0.2, 0) is 0 Å². The first-order valence-corrected chi connectivity index (χ1v) is 12.1. The van der Waals surface area contributed by atoms with E-state index in [0.29, 0.717) is 38.2 Å². The van der Waals surface area contributed by atoms with Gasteiger partial charge in [0.15, 0.2) is 10.2 Å². The molecule has 0 spiro atoms. The lowest BCUT2D eigenvalue weighted by Crippen LogP contribution is -2.21. The first-order valence-electron chi connectivity index (χ1n) is 10.5. The Morgan fingerprint density at radius 1 is 1.00 bits per heavy atom. The molecule has 3 aromatic carbocycles. The number of para-hydroxylation sites is 2. The summed E-state index contributed by atoms with van der Waals surface area (Å²) < 4.78 is 8.21.